The van der Waals surface area contributed by atoms with Crippen molar-refractivity contribution in [2.45, 2.75) is 44.6 Å². The van der Waals surface area contributed by atoms with Gasteiger partial charge < -0.3 is 10.6 Å². The van der Waals surface area contributed by atoms with Crippen LogP contribution in [0.3, 0.4) is 0 Å². The van der Waals surface area contributed by atoms with Gasteiger partial charge in [0.1, 0.15) is 0 Å². The number of para-hydroxylation sites is 1. The molecule has 5 heteroatoms. The monoisotopic (exact) mass is 326 g/mol. The summed E-state index contributed by atoms with van der Waals surface area (Å²) in [4.78, 5) is 12.2. The van der Waals surface area contributed by atoms with Crippen molar-refractivity contribution in [3.8, 4) is 5.69 Å². The number of nitrogens with zero attached hydrogens (tertiary/aromatic N) is 2. The average Bonchev–Trinajstić information content (AvgIpc) is 2.97. The third-order valence-electron chi connectivity index (χ3n) is 4.54. The maximum absolute atomic E-state index is 12.2. The molecule has 1 amide bonds. The number of rotatable bonds is 6. The van der Waals surface area contributed by atoms with Gasteiger partial charge in [-0.05, 0) is 31.0 Å². The summed E-state index contributed by atoms with van der Waals surface area (Å²) in [6, 6.07) is 12.2. The highest BCUT2D eigenvalue weighted by Crippen LogP contribution is 2.16. The molecule has 0 aliphatic heterocycles. The number of hydrogen-bond acceptors (Lipinski definition) is 3. The molecule has 1 fully saturated rings. The Bertz CT molecular complexity index is 630. The van der Waals surface area contributed by atoms with Crippen LogP contribution in [0.4, 0.5) is 0 Å². The van der Waals surface area contributed by atoms with Gasteiger partial charge in [0, 0.05) is 25.3 Å². The molecule has 0 radical (unpaired) electrons. The van der Waals surface area contributed by atoms with Crippen LogP contribution in [-0.4, -0.2) is 34.8 Å². The Labute approximate surface area is 143 Å². The summed E-state index contributed by atoms with van der Waals surface area (Å²) in [5.41, 5.74) is 1.40. The fraction of sp³-hybridized carbons (Fsp3) is 0.474. The fourth-order valence-corrected chi connectivity index (χ4v) is 3.20. The summed E-state index contributed by atoms with van der Waals surface area (Å²) >= 11 is 0. The number of hydrogen-bond donors (Lipinski definition) is 2. The van der Waals surface area contributed by atoms with Crippen LogP contribution < -0.4 is 10.6 Å². The largest absolute Gasteiger partial charge is 0.349 e. The standard InChI is InChI=1S/C19H26N4O/c24-19(21-14-13-20-16-8-4-1-2-5-9-16)18-12-15-23(22-18)17-10-6-3-7-11-17/h3,6-7,10-12,15-16,20H,1-2,4-5,8-9,13-14H2,(H,21,24). The minimum absolute atomic E-state index is 0.118. The molecule has 0 unspecified atom stereocenters. The molecule has 0 saturated heterocycles. The van der Waals surface area contributed by atoms with Gasteiger partial charge in [0.15, 0.2) is 5.69 Å². The van der Waals surface area contributed by atoms with Crippen LogP contribution in [0.15, 0.2) is 42.6 Å². The zero-order chi connectivity index (χ0) is 16.6. The van der Waals surface area contributed by atoms with Gasteiger partial charge in [-0.1, -0.05) is 43.9 Å². The molecule has 1 aromatic heterocycles. The Morgan fingerprint density at radius 2 is 1.79 bits per heavy atom. The first-order valence-corrected chi connectivity index (χ1v) is 8.95. The first-order valence-electron chi connectivity index (χ1n) is 8.95. The number of carbonyl (C=O) groups excluding carboxylic acids is 1. The number of carbonyl (C=O) groups is 1. The second-order valence-electron chi connectivity index (χ2n) is 6.38. The van der Waals surface area contributed by atoms with E-state index in [1.807, 2.05) is 36.5 Å². The first-order chi connectivity index (χ1) is 11.8. The molecule has 1 heterocycles. The van der Waals surface area contributed by atoms with Gasteiger partial charge in [0.25, 0.3) is 5.91 Å². The van der Waals surface area contributed by atoms with Gasteiger partial charge in [-0.2, -0.15) is 5.10 Å². The number of amides is 1. The summed E-state index contributed by atoms with van der Waals surface area (Å²) in [5, 5.41) is 10.8. The van der Waals surface area contributed by atoms with Crippen molar-refractivity contribution in [1.82, 2.24) is 20.4 Å². The van der Waals surface area contributed by atoms with Gasteiger partial charge in [-0.3, -0.25) is 4.79 Å². The summed E-state index contributed by atoms with van der Waals surface area (Å²) in [7, 11) is 0. The van der Waals surface area contributed by atoms with E-state index in [2.05, 4.69) is 15.7 Å². The van der Waals surface area contributed by atoms with E-state index in [-0.39, 0.29) is 5.91 Å². The lowest BCUT2D eigenvalue weighted by Crippen LogP contribution is -2.37. The maximum atomic E-state index is 12.2. The fourth-order valence-electron chi connectivity index (χ4n) is 3.20. The summed E-state index contributed by atoms with van der Waals surface area (Å²) < 4.78 is 1.72. The van der Waals surface area contributed by atoms with Crippen LogP contribution in [-0.2, 0) is 0 Å². The van der Waals surface area contributed by atoms with Gasteiger partial charge in [-0.15, -0.1) is 0 Å². The summed E-state index contributed by atoms with van der Waals surface area (Å²) in [5.74, 6) is -0.118. The van der Waals surface area contributed by atoms with Crippen molar-refractivity contribution < 1.29 is 4.79 Å². The van der Waals surface area contributed by atoms with E-state index in [9.17, 15) is 4.79 Å². The lowest BCUT2D eigenvalue weighted by Gasteiger charge is -2.16. The third kappa shape index (κ3) is 4.68. The maximum Gasteiger partial charge on any atom is 0.271 e. The Balaban J connectivity index is 1.43. The van der Waals surface area contributed by atoms with E-state index in [1.54, 1.807) is 10.7 Å². The number of nitrogens with one attached hydrogen (secondary N) is 2. The van der Waals surface area contributed by atoms with E-state index in [1.165, 1.54) is 38.5 Å². The molecule has 128 valence electrons. The molecule has 0 atom stereocenters. The normalized spacial score (nSPS) is 15.8. The molecule has 0 bridgehead atoms. The van der Waals surface area contributed by atoms with Crippen LogP contribution in [0, 0.1) is 0 Å². The molecular formula is C19H26N4O. The molecule has 24 heavy (non-hydrogen) atoms. The molecule has 1 aromatic carbocycles. The van der Waals surface area contributed by atoms with E-state index >= 15 is 0 Å². The van der Waals surface area contributed by atoms with Crippen LogP contribution in [0.1, 0.15) is 49.0 Å². The number of aromatic nitrogens is 2. The second kappa shape index (κ2) is 8.64. The van der Waals surface area contributed by atoms with E-state index in [0.717, 1.165) is 12.2 Å². The van der Waals surface area contributed by atoms with Crippen molar-refractivity contribution in [2.75, 3.05) is 13.1 Å². The molecule has 1 aliphatic carbocycles. The Hall–Kier alpha value is -2.14. The van der Waals surface area contributed by atoms with E-state index < -0.39 is 0 Å². The van der Waals surface area contributed by atoms with E-state index in [4.69, 9.17) is 0 Å². The highest BCUT2D eigenvalue weighted by molar-refractivity contribution is 5.92. The first kappa shape index (κ1) is 16.7. The SMILES string of the molecule is O=C(NCCNC1CCCCCC1)c1ccn(-c2ccccc2)n1. The zero-order valence-electron chi connectivity index (χ0n) is 14.1. The molecule has 1 aliphatic rings. The third-order valence-corrected chi connectivity index (χ3v) is 4.54. The molecule has 0 spiro atoms. The molecule has 5 nitrogen and oxygen atoms in total. The Kier molecular flexibility index (Phi) is 6.01. The average molecular weight is 326 g/mol. The van der Waals surface area contributed by atoms with Crippen molar-refractivity contribution in [3.05, 3.63) is 48.3 Å². The Morgan fingerprint density at radius 1 is 1.04 bits per heavy atom. The van der Waals surface area contributed by atoms with Crippen LogP contribution >= 0.6 is 0 Å². The number of benzene rings is 1. The van der Waals surface area contributed by atoms with Crippen LogP contribution in [0.25, 0.3) is 5.69 Å². The van der Waals surface area contributed by atoms with E-state index in [0.29, 0.717) is 18.3 Å². The van der Waals surface area contributed by atoms with Crippen LogP contribution in [0.2, 0.25) is 0 Å². The lowest BCUT2D eigenvalue weighted by atomic mass is 10.1. The minimum atomic E-state index is -0.118. The van der Waals surface area contributed by atoms with Crippen molar-refractivity contribution in [1.29, 1.82) is 0 Å². The molecule has 2 N–H and O–H groups in total. The topological polar surface area (TPSA) is 59.0 Å². The van der Waals surface area contributed by atoms with Crippen molar-refractivity contribution >= 4 is 5.91 Å². The predicted octanol–water partition coefficient (Wildman–Crippen LogP) is 2.91. The zero-order valence-corrected chi connectivity index (χ0v) is 14.1. The van der Waals surface area contributed by atoms with Gasteiger partial charge in [0.2, 0.25) is 0 Å². The lowest BCUT2D eigenvalue weighted by molar-refractivity contribution is 0.0948. The van der Waals surface area contributed by atoms with Gasteiger partial charge in [0.05, 0.1) is 5.69 Å². The minimum Gasteiger partial charge on any atom is -0.349 e. The summed E-state index contributed by atoms with van der Waals surface area (Å²) in [6.45, 7) is 1.45. The molecular weight excluding hydrogens is 300 g/mol. The van der Waals surface area contributed by atoms with Gasteiger partial charge >= 0.3 is 0 Å². The van der Waals surface area contributed by atoms with Crippen LogP contribution in [0.5, 0.6) is 0 Å². The molecule has 2 aromatic rings. The molecule has 3 rings (SSSR count). The summed E-state index contributed by atoms with van der Waals surface area (Å²) in [6.07, 6.45) is 9.69. The van der Waals surface area contributed by atoms with Crippen molar-refractivity contribution in [3.63, 3.8) is 0 Å². The smallest absolute Gasteiger partial charge is 0.271 e. The Morgan fingerprint density at radius 3 is 2.54 bits per heavy atom. The molecule has 1 saturated carbocycles. The highest BCUT2D eigenvalue weighted by atomic mass is 16.1. The predicted molar refractivity (Wildman–Crippen MR) is 95.4 cm³/mol. The van der Waals surface area contributed by atoms with Crippen molar-refractivity contribution in [2.24, 2.45) is 0 Å². The van der Waals surface area contributed by atoms with Gasteiger partial charge in [-0.25, -0.2) is 4.68 Å². The highest BCUT2D eigenvalue weighted by Gasteiger charge is 2.12. The quantitative estimate of drug-likeness (QED) is 0.634. The second-order valence-corrected chi connectivity index (χ2v) is 6.38.